The van der Waals surface area contributed by atoms with Crippen molar-refractivity contribution in [3.05, 3.63) is 40.7 Å². The highest BCUT2D eigenvalue weighted by Crippen LogP contribution is 2.40. The molecule has 0 aliphatic carbocycles. The van der Waals surface area contributed by atoms with Crippen molar-refractivity contribution in [2.45, 2.75) is 18.9 Å². The average Bonchev–Trinajstić information content (AvgIpc) is 2.89. The third-order valence-corrected chi connectivity index (χ3v) is 3.86. The number of aromatic nitrogens is 2. The summed E-state index contributed by atoms with van der Waals surface area (Å²) in [7, 11) is 4.95. The number of ether oxygens (including phenoxy) is 2. The molecule has 0 aliphatic rings. The zero-order valence-corrected chi connectivity index (χ0v) is 13.1. The molecule has 2 aromatic rings. The molecule has 0 aliphatic heterocycles. The van der Waals surface area contributed by atoms with Gasteiger partial charge in [-0.1, -0.05) is 17.7 Å². The van der Waals surface area contributed by atoms with Crippen LogP contribution in [0, 0.1) is 0 Å². The van der Waals surface area contributed by atoms with Gasteiger partial charge in [0.15, 0.2) is 11.5 Å². The second-order valence-corrected chi connectivity index (χ2v) is 5.08. The number of aryl methyl sites for hydroxylation is 2. The molecule has 0 fully saturated rings. The Morgan fingerprint density at radius 2 is 2.05 bits per heavy atom. The Morgan fingerprint density at radius 1 is 1.29 bits per heavy atom. The molecular formula is C15H19ClN2O3. The summed E-state index contributed by atoms with van der Waals surface area (Å²) in [4.78, 5) is 0. The third kappa shape index (κ3) is 3.31. The van der Waals surface area contributed by atoms with E-state index in [2.05, 4.69) is 5.10 Å². The molecule has 0 radical (unpaired) electrons. The van der Waals surface area contributed by atoms with Gasteiger partial charge in [0, 0.05) is 24.5 Å². The van der Waals surface area contributed by atoms with Crippen LogP contribution in [0.1, 0.15) is 23.8 Å². The third-order valence-electron chi connectivity index (χ3n) is 3.47. The maximum Gasteiger partial charge on any atom is 0.179 e. The summed E-state index contributed by atoms with van der Waals surface area (Å²) < 4.78 is 12.2. The van der Waals surface area contributed by atoms with Crippen molar-refractivity contribution < 1.29 is 14.6 Å². The van der Waals surface area contributed by atoms with E-state index in [-0.39, 0.29) is 0 Å². The van der Waals surface area contributed by atoms with Gasteiger partial charge in [-0.05, 0) is 25.0 Å². The number of methoxy groups -OCH3 is 2. The summed E-state index contributed by atoms with van der Waals surface area (Å²) in [6.45, 7) is 0. The van der Waals surface area contributed by atoms with Crippen molar-refractivity contribution in [1.82, 2.24) is 9.78 Å². The van der Waals surface area contributed by atoms with Gasteiger partial charge in [-0.15, -0.1) is 0 Å². The zero-order valence-electron chi connectivity index (χ0n) is 12.3. The predicted molar refractivity (Wildman–Crippen MR) is 81.0 cm³/mol. The van der Waals surface area contributed by atoms with Gasteiger partial charge in [-0.2, -0.15) is 5.10 Å². The Hall–Kier alpha value is -1.72. The largest absolute Gasteiger partial charge is 0.493 e. The monoisotopic (exact) mass is 310 g/mol. The van der Waals surface area contributed by atoms with Crippen molar-refractivity contribution in [3.63, 3.8) is 0 Å². The quantitative estimate of drug-likeness (QED) is 0.891. The molecule has 0 spiro atoms. The molecule has 0 bridgehead atoms. The number of hydrogen-bond acceptors (Lipinski definition) is 4. The van der Waals surface area contributed by atoms with Crippen molar-refractivity contribution in [2.75, 3.05) is 14.2 Å². The lowest BCUT2D eigenvalue weighted by Crippen LogP contribution is -2.05. The normalized spacial score (nSPS) is 12.2. The Balaban J connectivity index is 2.15. The van der Waals surface area contributed by atoms with Crippen LogP contribution >= 0.6 is 11.6 Å². The average molecular weight is 311 g/mol. The van der Waals surface area contributed by atoms with Gasteiger partial charge in [0.05, 0.1) is 25.3 Å². The number of rotatable bonds is 6. The van der Waals surface area contributed by atoms with Crippen LogP contribution < -0.4 is 9.47 Å². The van der Waals surface area contributed by atoms with Gasteiger partial charge >= 0.3 is 0 Å². The van der Waals surface area contributed by atoms with Crippen LogP contribution in [0.5, 0.6) is 11.5 Å². The number of hydrogen-bond donors (Lipinski definition) is 1. The van der Waals surface area contributed by atoms with E-state index < -0.39 is 6.10 Å². The number of nitrogens with zero attached hydrogens (tertiary/aromatic N) is 2. The SMILES string of the molecule is COc1ccc(C(O)CCc2ccnn2C)c(Cl)c1OC. The minimum Gasteiger partial charge on any atom is -0.493 e. The number of aliphatic hydroxyl groups excluding tert-OH is 1. The summed E-state index contributed by atoms with van der Waals surface area (Å²) in [6, 6.07) is 5.44. The van der Waals surface area contributed by atoms with Crippen molar-refractivity contribution >= 4 is 11.6 Å². The van der Waals surface area contributed by atoms with E-state index in [0.717, 1.165) is 5.69 Å². The highest BCUT2D eigenvalue weighted by molar-refractivity contribution is 6.33. The molecular weight excluding hydrogens is 292 g/mol. The molecule has 1 aromatic heterocycles. The maximum atomic E-state index is 10.4. The topological polar surface area (TPSA) is 56.5 Å². The molecule has 1 atom stereocenters. The first-order chi connectivity index (χ1) is 10.1. The lowest BCUT2D eigenvalue weighted by atomic mass is 10.0. The van der Waals surface area contributed by atoms with Gasteiger partial charge in [0.2, 0.25) is 0 Å². The van der Waals surface area contributed by atoms with Gasteiger partial charge < -0.3 is 14.6 Å². The molecule has 1 unspecified atom stereocenters. The van der Waals surface area contributed by atoms with Crippen LogP contribution in [0.3, 0.4) is 0 Å². The maximum absolute atomic E-state index is 10.4. The first-order valence-corrected chi connectivity index (χ1v) is 7.01. The molecule has 1 heterocycles. The second kappa shape index (κ2) is 6.83. The molecule has 2 rings (SSSR count). The van der Waals surface area contributed by atoms with Crippen LogP contribution in [0.15, 0.2) is 24.4 Å². The Kier molecular flexibility index (Phi) is 5.09. The molecule has 5 nitrogen and oxygen atoms in total. The lowest BCUT2D eigenvalue weighted by molar-refractivity contribution is 0.166. The first-order valence-electron chi connectivity index (χ1n) is 6.63. The van der Waals surface area contributed by atoms with E-state index >= 15 is 0 Å². The van der Waals surface area contributed by atoms with Crippen LogP contribution in [0.4, 0.5) is 0 Å². The molecule has 1 aromatic carbocycles. The second-order valence-electron chi connectivity index (χ2n) is 4.70. The Bertz CT molecular complexity index is 613. The molecule has 114 valence electrons. The highest BCUT2D eigenvalue weighted by Gasteiger charge is 2.18. The van der Waals surface area contributed by atoms with Gasteiger partial charge in [-0.25, -0.2) is 0 Å². The minimum atomic E-state index is -0.674. The fraction of sp³-hybridized carbons (Fsp3) is 0.400. The van der Waals surface area contributed by atoms with Crippen molar-refractivity contribution in [3.8, 4) is 11.5 Å². The van der Waals surface area contributed by atoms with Crippen molar-refractivity contribution in [1.29, 1.82) is 0 Å². The van der Waals surface area contributed by atoms with Crippen LogP contribution in [-0.2, 0) is 13.5 Å². The number of aliphatic hydroxyl groups is 1. The molecule has 0 saturated carbocycles. The highest BCUT2D eigenvalue weighted by atomic mass is 35.5. The van der Waals surface area contributed by atoms with Crippen LogP contribution in [0.25, 0.3) is 0 Å². The van der Waals surface area contributed by atoms with E-state index in [4.69, 9.17) is 21.1 Å². The lowest BCUT2D eigenvalue weighted by Gasteiger charge is -2.16. The van der Waals surface area contributed by atoms with E-state index in [1.807, 2.05) is 13.1 Å². The standard InChI is InChI=1S/C15H19ClN2O3/c1-18-10(8-9-17-18)4-6-12(19)11-5-7-13(20-2)15(21-3)14(11)16/h5,7-9,12,19H,4,6H2,1-3H3. The van der Waals surface area contributed by atoms with Crippen molar-refractivity contribution in [2.24, 2.45) is 7.05 Å². The molecule has 1 N–H and O–H groups in total. The van der Waals surface area contributed by atoms with Crippen LogP contribution in [0.2, 0.25) is 5.02 Å². The van der Waals surface area contributed by atoms with E-state index in [1.54, 1.807) is 30.1 Å². The van der Waals surface area contributed by atoms with Gasteiger partial charge in [0.1, 0.15) is 0 Å². The summed E-state index contributed by atoms with van der Waals surface area (Å²) >= 11 is 6.30. The molecule has 21 heavy (non-hydrogen) atoms. The fourth-order valence-electron chi connectivity index (χ4n) is 2.25. The van der Waals surface area contributed by atoms with E-state index in [1.165, 1.54) is 7.11 Å². The zero-order chi connectivity index (χ0) is 15.4. The molecule has 6 heteroatoms. The first kappa shape index (κ1) is 15.7. The summed E-state index contributed by atoms with van der Waals surface area (Å²) in [6.07, 6.45) is 2.33. The minimum absolute atomic E-state index is 0.384. The Morgan fingerprint density at radius 3 is 2.62 bits per heavy atom. The van der Waals surface area contributed by atoms with Gasteiger partial charge in [0.25, 0.3) is 0 Å². The number of halogens is 1. The molecule has 0 saturated heterocycles. The predicted octanol–water partition coefficient (Wildman–Crippen LogP) is 2.76. The number of benzene rings is 1. The fourth-order valence-corrected chi connectivity index (χ4v) is 2.61. The Labute approximate surface area is 129 Å². The van der Waals surface area contributed by atoms with Crippen LogP contribution in [-0.4, -0.2) is 29.1 Å². The summed E-state index contributed by atoms with van der Waals surface area (Å²) in [5.41, 5.74) is 1.70. The smallest absolute Gasteiger partial charge is 0.179 e. The van der Waals surface area contributed by atoms with Gasteiger partial charge in [-0.3, -0.25) is 4.68 Å². The molecule has 0 amide bonds. The summed E-state index contributed by atoms with van der Waals surface area (Å²) in [5, 5.41) is 14.9. The van der Waals surface area contributed by atoms with E-state index in [9.17, 15) is 5.11 Å². The summed E-state index contributed by atoms with van der Waals surface area (Å²) in [5.74, 6) is 0.987. The van der Waals surface area contributed by atoms with E-state index in [0.29, 0.717) is 34.9 Å².